The molecule has 2 amide bonds. The minimum Gasteiger partial charge on any atom is -0.481 e. The molecule has 1 aliphatic carbocycles. The number of anilines is 1. The predicted octanol–water partition coefficient (Wildman–Crippen LogP) is 3.20. The van der Waals surface area contributed by atoms with Gasteiger partial charge in [0.25, 0.3) is 5.91 Å². The van der Waals surface area contributed by atoms with Gasteiger partial charge in [-0.15, -0.1) is 11.3 Å². The van der Waals surface area contributed by atoms with Crippen molar-refractivity contribution in [2.45, 2.75) is 45.6 Å². The monoisotopic (exact) mass is 390 g/mol. The number of hydrogen-bond acceptors (Lipinski definition) is 5. The van der Waals surface area contributed by atoms with Gasteiger partial charge in [0.1, 0.15) is 10.8 Å². The normalized spacial score (nSPS) is 13.8. The largest absolute Gasteiger partial charge is 0.481 e. The SMILES string of the molecule is CC(CC(=O)O)CC(=O)Nc1sc2c(c1C(=O)NCc1ccco1)CCC2. The third-order valence-corrected chi connectivity index (χ3v) is 5.67. The Morgan fingerprint density at radius 2 is 2.11 bits per heavy atom. The highest BCUT2D eigenvalue weighted by Gasteiger charge is 2.27. The Labute approximate surface area is 160 Å². The average Bonchev–Trinajstić information content (AvgIpc) is 3.28. The lowest BCUT2D eigenvalue weighted by molar-refractivity contribution is -0.138. The average molecular weight is 390 g/mol. The van der Waals surface area contributed by atoms with Gasteiger partial charge in [-0.1, -0.05) is 6.92 Å². The maximum atomic E-state index is 12.8. The van der Waals surface area contributed by atoms with Crippen molar-refractivity contribution in [2.75, 3.05) is 5.32 Å². The van der Waals surface area contributed by atoms with Crippen molar-refractivity contribution in [1.29, 1.82) is 0 Å². The molecule has 0 aliphatic heterocycles. The molecule has 1 unspecified atom stereocenters. The van der Waals surface area contributed by atoms with Crippen molar-refractivity contribution in [2.24, 2.45) is 5.92 Å². The van der Waals surface area contributed by atoms with E-state index < -0.39 is 5.97 Å². The molecule has 2 heterocycles. The lowest BCUT2D eigenvalue weighted by atomic mass is 10.0. The van der Waals surface area contributed by atoms with E-state index >= 15 is 0 Å². The van der Waals surface area contributed by atoms with Gasteiger partial charge in [-0.3, -0.25) is 14.4 Å². The summed E-state index contributed by atoms with van der Waals surface area (Å²) >= 11 is 1.44. The molecule has 0 saturated heterocycles. The topological polar surface area (TPSA) is 109 Å². The Kier molecular flexibility index (Phi) is 5.95. The van der Waals surface area contributed by atoms with E-state index in [2.05, 4.69) is 10.6 Å². The first kappa shape index (κ1) is 19.2. The third-order valence-electron chi connectivity index (χ3n) is 4.46. The highest BCUT2D eigenvalue weighted by molar-refractivity contribution is 7.17. The number of aliphatic carboxylic acids is 1. The summed E-state index contributed by atoms with van der Waals surface area (Å²) in [5.74, 6) is -1.05. The maximum absolute atomic E-state index is 12.8. The second-order valence-corrected chi connectivity index (χ2v) is 7.88. The molecule has 3 rings (SSSR count). The molecule has 144 valence electrons. The fourth-order valence-electron chi connectivity index (χ4n) is 3.27. The van der Waals surface area contributed by atoms with Crippen molar-refractivity contribution in [3.05, 3.63) is 40.2 Å². The Bertz CT molecular complexity index is 841. The summed E-state index contributed by atoms with van der Waals surface area (Å²) < 4.78 is 5.23. The van der Waals surface area contributed by atoms with Gasteiger partial charge in [-0.25, -0.2) is 0 Å². The summed E-state index contributed by atoms with van der Waals surface area (Å²) in [4.78, 5) is 37.0. The molecular weight excluding hydrogens is 368 g/mol. The van der Waals surface area contributed by atoms with Gasteiger partial charge in [0, 0.05) is 17.7 Å². The number of carbonyl (C=O) groups excluding carboxylic acids is 2. The zero-order valence-electron chi connectivity index (χ0n) is 15.0. The number of nitrogens with one attached hydrogen (secondary N) is 2. The summed E-state index contributed by atoms with van der Waals surface area (Å²) in [7, 11) is 0. The molecule has 7 nitrogen and oxygen atoms in total. The molecule has 8 heteroatoms. The minimum absolute atomic E-state index is 0.0646. The van der Waals surface area contributed by atoms with Crippen molar-refractivity contribution in [3.8, 4) is 0 Å². The maximum Gasteiger partial charge on any atom is 0.303 e. The van der Waals surface area contributed by atoms with E-state index in [0.29, 0.717) is 16.3 Å². The molecule has 0 spiro atoms. The highest BCUT2D eigenvalue weighted by Crippen LogP contribution is 2.39. The molecule has 0 bridgehead atoms. The zero-order chi connectivity index (χ0) is 19.4. The van der Waals surface area contributed by atoms with E-state index in [0.717, 1.165) is 29.7 Å². The van der Waals surface area contributed by atoms with E-state index in [4.69, 9.17) is 9.52 Å². The molecular formula is C19H22N2O5S. The van der Waals surface area contributed by atoms with E-state index in [1.165, 1.54) is 11.3 Å². The van der Waals surface area contributed by atoms with Gasteiger partial charge < -0.3 is 20.2 Å². The smallest absolute Gasteiger partial charge is 0.303 e. The molecule has 3 N–H and O–H groups in total. The number of amides is 2. The van der Waals surface area contributed by atoms with Crippen molar-refractivity contribution < 1.29 is 23.9 Å². The van der Waals surface area contributed by atoms with Crippen LogP contribution in [0.2, 0.25) is 0 Å². The summed E-state index contributed by atoms with van der Waals surface area (Å²) in [6.45, 7) is 2.00. The van der Waals surface area contributed by atoms with E-state index in [-0.39, 0.29) is 37.1 Å². The van der Waals surface area contributed by atoms with Gasteiger partial charge in [0.05, 0.1) is 18.4 Å². The molecule has 0 radical (unpaired) electrons. The number of fused-ring (bicyclic) bond motifs is 1. The van der Waals surface area contributed by atoms with Crippen LogP contribution in [-0.4, -0.2) is 22.9 Å². The van der Waals surface area contributed by atoms with Gasteiger partial charge in [-0.2, -0.15) is 0 Å². The van der Waals surface area contributed by atoms with Crippen LogP contribution >= 0.6 is 11.3 Å². The van der Waals surface area contributed by atoms with Crippen LogP contribution in [0.3, 0.4) is 0 Å². The summed E-state index contributed by atoms with van der Waals surface area (Å²) in [5.41, 5.74) is 1.53. The highest BCUT2D eigenvalue weighted by atomic mass is 32.1. The molecule has 0 fully saturated rings. The Morgan fingerprint density at radius 1 is 1.30 bits per heavy atom. The number of aryl methyl sites for hydroxylation is 1. The quantitative estimate of drug-likeness (QED) is 0.641. The van der Waals surface area contributed by atoms with Gasteiger partial charge >= 0.3 is 5.97 Å². The van der Waals surface area contributed by atoms with Crippen LogP contribution in [0.4, 0.5) is 5.00 Å². The molecule has 27 heavy (non-hydrogen) atoms. The number of furan rings is 1. The second kappa shape index (κ2) is 8.39. The third kappa shape index (κ3) is 4.77. The van der Waals surface area contributed by atoms with Gasteiger partial charge in [0.2, 0.25) is 5.91 Å². The van der Waals surface area contributed by atoms with Crippen molar-refractivity contribution >= 4 is 34.1 Å². The molecule has 1 atom stereocenters. The Morgan fingerprint density at radius 3 is 2.81 bits per heavy atom. The molecule has 0 aromatic carbocycles. The standard InChI is InChI=1S/C19H22N2O5S/c1-11(9-16(23)24)8-15(22)21-19-17(13-5-2-6-14(13)27-19)18(25)20-10-12-4-3-7-26-12/h3-4,7,11H,2,5-6,8-10H2,1H3,(H,20,25)(H,21,22)(H,23,24). The Balaban J connectivity index is 1.70. The molecule has 1 aliphatic rings. The van der Waals surface area contributed by atoms with Crippen LogP contribution in [-0.2, 0) is 29.0 Å². The number of carbonyl (C=O) groups is 3. The van der Waals surface area contributed by atoms with E-state index in [1.54, 1.807) is 25.3 Å². The molecule has 0 saturated carbocycles. The lowest BCUT2D eigenvalue weighted by Crippen LogP contribution is -2.25. The van der Waals surface area contributed by atoms with Gasteiger partial charge in [0.15, 0.2) is 0 Å². The van der Waals surface area contributed by atoms with Crippen LogP contribution in [0.1, 0.15) is 52.7 Å². The first-order valence-corrected chi connectivity index (χ1v) is 9.72. The van der Waals surface area contributed by atoms with Crippen LogP contribution in [0.5, 0.6) is 0 Å². The van der Waals surface area contributed by atoms with Crippen LogP contribution in [0.25, 0.3) is 0 Å². The van der Waals surface area contributed by atoms with Crippen LogP contribution in [0.15, 0.2) is 22.8 Å². The minimum atomic E-state index is -0.927. The van der Waals surface area contributed by atoms with Crippen LogP contribution in [0, 0.1) is 5.92 Å². The lowest BCUT2D eigenvalue weighted by Gasteiger charge is -2.11. The number of carboxylic acid groups (broad SMARTS) is 1. The first-order valence-electron chi connectivity index (χ1n) is 8.90. The van der Waals surface area contributed by atoms with Crippen molar-refractivity contribution in [1.82, 2.24) is 5.32 Å². The summed E-state index contributed by atoms with van der Waals surface area (Å²) in [5, 5.41) is 15.0. The van der Waals surface area contributed by atoms with E-state index in [1.807, 2.05) is 0 Å². The first-order chi connectivity index (χ1) is 12.9. The fraction of sp³-hybridized carbons (Fsp3) is 0.421. The van der Waals surface area contributed by atoms with Crippen LogP contribution < -0.4 is 10.6 Å². The molecule has 2 aromatic rings. The number of hydrogen-bond donors (Lipinski definition) is 3. The molecule has 2 aromatic heterocycles. The number of rotatable bonds is 8. The van der Waals surface area contributed by atoms with E-state index in [9.17, 15) is 14.4 Å². The number of thiophene rings is 1. The zero-order valence-corrected chi connectivity index (χ0v) is 15.9. The number of carboxylic acids is 1. The Hall–Kier alpha value is -2.61. The van der Waals surface area contributed by atoms with Crippen molar-refractivity contribution in [3.63, 3.8) is 0 Å². The summed E-state index contributed by atoms with van der Waals surface area (Å²) in [6.07, 6.45) is 4.31. The van der Waals surface area contributed by atoms with Gasteiger partial charge in [-0.05, 0) is 42.9 Å². The summed E-state index contributed by atoms with van der Waals surface area (Å²) in [6, 6.07) is 3.54. The fourth-order valence-corrected chi connectivity index (χ4v) is 4.57. The second-order valence-electron chi connectivity index (χ2n) is 6.78. The predicted molar refractivity (Wildman–Crippen MR) is 101 cm³/mol.